The number of nitrogen functional groups attached to an aromatic ring is 1. The molecule has 0 aromatic carbocycles. The topological polar surface area (TPSA) is 71.8 Å². The van der Waals surface area contributed by atoms with Gasteiger partial charge in [0, 0.05) is 5.69 Å². The zero-order valence-corrected chi connectivity index (χ0v) is 7.59. The van der Waals surface area contributed by atoms with Gasteiger partial charge in [-0.25, -0.2) is 4.68 Å². The summed E-state index contributed by atoms with van der Waals surface area (Å²) in [6.45, 7) is 1.25. The number of aryl methyl sites for hydroxylation is 1. The fourth-order valence-electron chi connectivity index (χ4n) is 1.08. The largest absolute Gasteiger partial charge is 0.417 e. The van der Waals surface area contributed by atoms with E-state index in [4.69, 9.17) is 11.1 Å². The molecule has 0 aliphatic carbocycles. The van der Waals surface area contributed by atoms with Gasteiger partial charge in [0.25, 0.3) is 5.56 Å². The number of aromatic nitrogens is 1. The number of nitriles is 1. The molecule has 0 radical (unpaired) electrons. The zero-order chi connectivity index (χ0) is 11.8. The van der Waals surface area contributed by atoms with Gasteiger partial charge in [-0.15, -0.1) is 0 Å². The summed E-state index contributed by atoms with van der Waals surface area (Å²) in [5.74, 6) is 5.16. The Balaban J connectivity index is 3.71. The molecule has 7 heteroatoms. The molecule has 0 aliphatic rings. The molecule has 0 aliphatic heterocycles. The van der Waals surface area contributed by atoms with E-state index in [-0.39, 0.29) is 5.69 Å². The first-order valence-corrected chi connectivity index (χ1v) is 3.78. The highest BCUT2D eigenvalue weighted by Gasteiger charge is 2.35. The van der Waals surface area contributed by atoms with Crippen molar-refractivity contribution in [3.05, 3.63) is 33.2 Å². The quantitative estimate of drug-likeness (QED) is 0.652. The van der Waals surface area contributed by atoms with Crippen LogP contribution in [0.1, 0.15) is 16.8 Å². The predicted molar refractivity (Wildman–Crippen MR) is 45.3 cm³/mol. The van der Waals surface area contributed by atoms with Gasteiger partial charge in [0.1, 0.15) is 11.6 Å². The van der Waals surface area contributed by atoms with Gasteiger partial charge in [-0.2, -0.15) is 18.4 Å². The third-order valence-corrected chi connectivity index (χ3v) is 1.85. The van der Waals surface area contributed by atoms with Crippen molar-refractivity contribution in [3.8, 4) is 6.07 Å². The highest BCUT2D eigenvalue weighted by atomic mass is 19.4. The maximum Gasteiger partial charge on any atom is 0.417 e. The smallest absolute Gasteiger partial charge is 0.336 e. The predicted octanol–water partition coefficient (Wildman–Crippen LogP) is 0.761. The van der Waals surface area contributed by atoms with Crippen LogP contribution in [-0.4, -0.2) is 4.68 Å². The van der Waals surface area contributed by atoms with Gasteiger partial charge >= 0.3 is 6.18 Å². The van der Waals surface area contributed by atoms with E-state index >= 15 is 0 Å². The average Bonchev–Trinajstić information content (AvgIpc) is 2.12. The Morgan fingerprint density at radius 3 is 2.47 bits per heavy atom. The van der Waals surface area contributed by atoms with Crippen molar-refractivity contribution in [2.24, 2.45) is 0 Å². The SMILES string of the molecule is Cc1cc(C(F)(F)F)c(C#N)c(=O)n1N. The molecule has 0 fully saturated rings. The first kappa shape index (κ1) is 11.1. The number of rotatable bonds is 0. The molecule has 0 amide bonds. The van der Waals surface area contributed by atoms with Crippen LogP contribution in [0.25, 0.3) is 0 Å². The Labute approximate surface area is 82.3 Å². The van der Waals surface area contributed by atoms with Crippen LogP contribution < -0.4 is 11.4 Å². The molecule has 0 saturated carbocycles. The molecule has 2 N–H and O–H groups in total. The number of pyridine rings is 1. The highest BCUT2D eigenvalue weighted by molar-refractivity contribution is 5.39. The van der Waals surface area contributed by atoms with E-state index in [1.807, 2.05) is 0 Å². The second-order valence-electron chi connectivity index (χ2n) is 2.86. The second kappa shape index (κ2) is 3.31. The highest BCUT2D eigenvalue weighted by Crippen LogP contribution is 2.30. The summed E-state index contributed by atoms with van der Waals surface area (Å²) in [5, 5.41) is 8.46. The van der Waals surface area contributed by atoms with Crippen molar-refractivity contribution in [3.63, 3.8) is 0 Å². The summed E-state index contributed by atoms with van der Waals surface area (Å²) >= 11 is 0. The Hall–Kier alpha value is -1.97. The minimum absolute atomic E-state index is 0.0636. The first-order chi connectivity index (χ1) is 6.79. The molecule has 80 valence electrons. The number of nitrogens with zero attached hydrogens (tertiary/aromatic N) is 2. The van der Waals surface area contributed by atoms with Gasteiger partial charge in [-0.05, 0) is 13.0 Å². The number of halogens is 3. The van der Waals surface area contributed by atoms with E-state index in [0.29, 0.717) is 10.7 Å². The monoisotopic (exact) mass is 217 g/mol. The Morgan fingerprint density at radius 1 is 1.53 bits per heavy atom. The lowest BCUT2D eigenvalue weighted by Gasteiger charge is -2.11. The van der Waals surface area contributed by atoms with Crippen LogP contribution in [0, 0.1) is 18.3 Å². The van der Waals surface area contributed by atoms with Crippen molar-refractivity contribution < 1.29 is 13.2 Å². The molecule has 15 heavy (non-hydrogen) atoms. The zero-order valence-electron chi connectivity index (χ0n) is 7.59. The Kier molecular flexibility index (Phi) is 2.45. The third-order valence-electron chi connectivity index (χ3n) is 1.85. The van der Waals surface area contributed by atoms with Gasteiger partial charge in [0.05, 0.1) is 5.56 Å². The number of hydrogen-bond donors (Lipinski definition) is 1. The normalized spacial score (nSPS) is 11.1. The minimum Gasteiger partial charge on any atom is -0.336 e. The number of nitrogens with two attached hydrogens (primary N) is 1. The summed E-state index contributed by atoms with van der Waals surface area (Å²) < 4.78 is 37.7. The summed E-state index contributed by atoms with van der Waals surface area (Å²) in [7, 11) is 0. The molecule has 0 bridgehead atoms. The molecular weight excluding hydrogens is 211 g/mol. The van der Waals surface area contributed by atoms with E-state index in [9.17, 15) is 18.0 Å². The molecule has 0 spiro atoms. The summed E-state index contributed by atoms with van der Waals surface area (Å²) in [4.78, 5) is 11.2. The van der Waals surface area contributed by atoms with E-state index in [1.165, 1.54) is 13.0 Å². The standard InChI is InChI=1S/C8H6F3N3O/c1-4-2-6(8(9,10)11)5(3-12)7(15)14(4)13/h2H,13H2,1H3. The van der Waals surface area contributed by atoms with Gasteiger partial charge < -0.3 is 5.84 Å². The van der Waals surface area contributed by atoms with Crippen molar-refractivity contribution in [1.82, 2.24) is 4.68 Å². The van der Waals surface area contributed by atoms with Gasteiger partial charge in [0.15, 0.2) is 0 Å². The summed E-state index contributed by atoms with van der Waals surface area (Å²) in [5.41, 5.74) is -3.46. The lowest BCUT2D eigenvalue weighted by Crippen LogP contribution is -2.33. The molecule has 1 aromatic heterocycles. The van der Waals surface area contributed by atoms with Crippen LogP contribution in [0.3, 0.4) is 0 Å². The molecule has 0 unspecified atom stereocenters. The second-order valence-corrected chi connectivity index (χ2v) is 2.86. The first-order valence-electron chi connectivity index (χ1n) is 3.78. The van der Waals surface area contributed by atoms with Crippen LogP contribution in [0.5, 0.6) is 0 Å². The van der Waals surface area contributed by atoms with Crippen molar-refractivity contribution in [1.29, 1.82) is 5.26 Å². The molecule has 1 aromatic rings. The molecule has 0 atom stereocenters. The van der Waals surface area contributed by atoms with Crippen LogP contribution in [-0.2, 0) is 6.18 Å². The lowest BCUT2D eigenvalue weighted by atomic mass is 10.1. The van der Waals surface area contributed by atoms with Crippen molar-refractivity contribution in [2.75, 3.05) is 5.84 Å². The van der Waals surface area contributed by atoms with E-state index in [2.05, 4.69) is 0 Å². The van der Waals surface area contributed by atoms with E-state index in [1.54, 1.807) is 0 Å². The molecule has 1 heterocycles. The van der Waals surface area contributed by atoms with Crippen molar-refractivity contribution >= 4 is 0 Å². The van der Waals surface area contributed by atoms with Gasteiger partial charge in [0.2, 0.25) is 0 Å². The molecular formula is C8H6F3N3O. The summed E-state index contributed by atoms with van der Waals surface area (Å²) in [6.07, 6.45) is -4.73. The van der Waals surface area contributed by atoms with E-state index < -0.39 is 22.9 Å². The average molecular weight is 217 g/mol. The Bertz CT molecular complexity index is 496. The maximum absolute atomic E-state index is 12.4. The van der Waals surface area contributed by atoms with Crippen molar-refractivity contribution in [2.45, 2.75) is 13.1 Å². The van der Waals surface area contributed by atoms with Gasteiger partial charge in [-0.1, -0.05) is 0 Å². The van der Waals surface area contributed by atoms with Gasteiger partial charge in [-0.3, -0.25) is 4.79 Å². The number of alkyl halides is 3. The van der Waals surface area contributed by atoms with Crippen LogP contribution in [0.2, 0.25) is 0 Å². The minimum atomic E-state index is -4.73. The van der Waals surface area contributed by atoms with Crippen LogP contribution >= 0.6 is 0 Å². The fraction of sp³-hybridized carbons (Fsp3) is 0.250. The maximum atomic E-state index is 12.4. The van der Waals surface area contributed by atoms with Crippen LogP contribution in [0.15, 0.2) is 10.9 Å². The Morgan fingerprint density at radius 2 is 2.07 bits per heavy atom. The number of hydrogen-bond acceptors (Lipinski definition) is 3. The molecule has 1 rings (SSSR count). The fourth-order valence-corrected chi connectivity index (χ4v) is 1.08. The lowest BCUT2D eigenvalue weighted by molar-refractivity contribution is -0.138. The molecule has 4 nitrogen and oxygen atoms in total. The van der Waals surface area contributed by atoms with E-state index in [0.717, 1.165) is 0 Å². The summed E-state index contributed by atoms with van der Waals surface area (Å²) in [6, 6.07) is 1.87. The molecule has 0 saturated heterocycles. The third kappa shape index (κ3) is 1.79. The van der Waals surface area contributed by atoms with Crippen LogP contribution in [0.4, 0.5) is 13.2 Å².